The molecule has 0 bridgehead atoms. The molecule has 2 N–H and O–H groups in total. The highest BCUT2D eigenvalue weighted by molar-refractivity contribution is 9.10. The second-order valence-corrected chi connectivity index (χ2v) is 8.17. The number of nitrogens with two attached hydrogens (primary N) is 1. The van der Waals surface area contributed by atoms with Crippen LogP contribution in [-0.2, 0) is 10.0 Å². The predicted molar refractivity (Wildman–Crippen MR) is 81.9 cm³/mol. The number of nitrogens with zero attached hydrogens (tertiary/aromatic N) is 2. The molecule has 0 saturated carbocycles. The van der Waals surface area contributed by atoms with Crippen molar-refractivity contribution < 1.29 is 8.42 Å². The lowest BCUT2D eigenvalue weighted by molar-refractivity contribution is 0.158. The van der Waals surface area contributed by atoms with Crippen LogP contribution in [0.3, 0.4) is 0 Å². The van der Waals surface area contributed by atoms with Gasteiger partial charge in [0.15, 0.2) is 0 Å². The lowest BCUT2D eigenvalue weighted by Crippen LogP contribution is -2.51. The summed E-state index contributed by atoms with van der Waals surface area (Å²) < 4.78 is 27.7. The Labute approximate surface area is 127 Å². The van der Waals surface area contributed by atoms with E-state index in [1.807, 2.05) is 0 Å². The van der Waals surface area contributed by atoms with Gasteiger partial charge in [0, 0.05) is 35.8 Å². The van der Waals surface area contributed by atoms with E-state index in [-0.39, 0.29) is 4.90 Å². The van der Waals surface area contributed by atoms with Gasteiger partial charge in [-0.3, -0.25) is 4.90 Å². The van der Waals surface area contributed by atoms with Crippen LogP contribution in [0.4, 0.5) is 5.69 Å². The Morgan fingerprint density at radius 1 is 1.25 bits per heavy atom. The second-order valence-electron chi connectivity index (χ2n) is 5.38. The molecule has 2 heterocycles. The number of sulfonamides is 1. The lowest BCUT2D eigenvalue weighted by atomic mass is 10.2. The maximum Gasteiger partial charge on any atom is 0.243 e. The number of hydrogen-bond acceptors (Lipinski definition) is 4. The minimum Gasteiger partial charge on any atom is -0.398 e. The first kappa shape index (κ1) is 14.3. The van der Waals surface area contributed by atoms with Crippen molar-refractivity contribution >= 4 is 31.6 Å². The Bertz CT molecular complexity index is 620. The third-order valence-electron chi connectivity index (χ3n) is 4.16. The van der Waals surface area contributed by atoms with Crippen LogP contribution in [0.1, 0.15) is 12.8 Å². The quantitative estimate of drug-likeness (QED) is 0.812. The van der Waals surface area contributed by atoms with Gasteiger partial charge in [-0.15, -0.1) is 0 Å². The molecule has 7 heteroatoms. The maximum atomic E-state index is 12.7. The number of benzene rings is 1. The van der Waals surface area contributed by atoms with E-state index in [0.29, 0.717) is 24.8 Å². The van der Waals surface area contributed by atoms with Crippen molar-refractivity contribution in [2.75, 3.05) is 31.9 Å². The van der Waals surface area contributed by atoms with Gasteiger partial charge < -0.3 is 5.73 Å². The molecule has 2 fully saturated rings. The van der Waals surface area contributed by atoms with E-state index >= 15 is 0 Å². The molecule has 2 aliphatic heterocycles. The highest BCUT2D eigenvalue weighted by Crippen LogP contribution is 2.28. The summed E-state index contributed by atoms with van der Waals surface area (Å²) >= 11 is 3.29. The van der Waals surface area contributed by atoms with Gasteiger partial charge in [0.2, 0.25) is 10.0 Å². The van der Waals surface area contributed by atoms with Crippen molar-refractivity contribution in [1.29, 1.82) is 0 Å². The highest BCUT2D eigenvalue weighted by atomic mass is 79.9. The first-order valence-corrected chi connectivity index (χ1v) is 9.01. The minimum absolute atomic E-state index is 0.282. The molecule has 110 valence electrons. The third kappa shape index (κ3) is 2.47. The van der Waals surface area contributed by atoms with E-state index < -0.39 is 10.0 Å². The van der Waals surface area contributed by atoms with Gasteiger partial charge in [-0.1, -0.05) is 0 Å². The lowest BCUT2D eigenvalue weighted by Gasteiger charge is -2.36. The fourth-order valence-corrected chi connectivity index (χ4v) is 4.76. The molecule has 0 aromatic heterocycles. The van der Waals surface area contributed by atoms with E-state index in [1.54, 1.807) is 16.4 Å². The number of anilines is 1. The topological polar surface area (TPSA) is 66.6 Å². The molecule has 3 rings (SSSR count). The number of hydrogen-bond donors (Lipinski definition) is 1. The number of piperazine rings is 1. The number of fused-ring (bicyclic) bond motifs is 1. The molecule has 5 nitrogen and oxygen atoms in total. The van der Waals surface area contributed by atoms with Crippen LogP contribution >= 0.6 is 15.9 Å². The SMILES string of the molecule is Nc1cc(S(=O)(=O)N2CCN3CCCC3C2)ccc1Br. The summed E-state index contributed by atoms with van der Waals surface area (Å²) in [4.78, 5) is 2.67. The molecule has 0 amide bonds. The Balaban J connectivity index is 1.86. The Morgan fingerprint density at radius 3 is 2.80 bits per heavy atom. The standard InChI is InChI=1S/C13H18BrN3O2S/c14-12-4-3-11(8-13(12)15)20(18,19)17-7-6-16-5-1-2-10(16)9-17/h3-4,8,10H,1-2,5-7,9,15H2. The number of rotatable bonds is 2. The van der Waals surface area contributed by atoms with Crippen LogP contribution in [0, 0.1) is 0 Å². The molecular formula is C13H18BrN3O2S. The number of nitrogen functional groups attached to an aromatic ring is 1. The van der Waals surface area contributed by atoms with Crippen LogP contribution in [0.15, 0.2) is 27.6 Å². The van der Waals surface area contributed by atoms with Crippen molar-refractivity contribution in [2.45, 2.75) is 23.8 Å². The monoisotopic (exact) mass is 359 g/mol. The van der Waals surface area contributed by atoms with Crippen LogP contribution in [-0.4, -0.2) is 49.8 Å². The average molecular weight is 360 g/mol. The summed E-state index contributed by atoms with van der Waals surface area (Å²) in [6, 6.07) is 5.21. The molecule has 2 aliphatic rings. The molecule has 1 aromatic rings. The largest absolute Gasteiger partial charge is 0.398 e. The van der Waals surface area contributed by atoms with Gasteiger partial charge in [-0.05, 0) is 53.5 Å². The number of halogens is 1. The van der Waals surface area contributed by atoms with Crippen molar-refractivity contribution in [3.63, 3.8) is 0 Å². The Morgan fingerprint density at radius 2 is 2.05 bits per heavy atom. The van der Waals surface area contributed by atoms with E-state index in [1.165, 1.54) is 12.5 Å². The average Bonchev–Trinajstić information content (AvgIpc) is 2.89. The summed E-state index contributed by atoms with van der Waals surface area (Å²) in [5.41, 5.74) is 6.24. The maximum absolute atomic E-state index is 12.7. The Hall–Kier alpha value is -0.630. The second kappa shape index (κ2) is 5.29. The first-order valence-electron chi connectivity index (χ1n) is 6.78. The molecule has 1 atom stereocenters. The van der Waals surface area contributed by atoms with Crippen LogP contribution in [0.2, 0.25) is 0 Å². The zero-order valence-electron chi connectivity index (χ0n) is 11.1. The van der Waals surface area contributed by atoms with Gasteiger partial charge in [0.1, 0.15) is 0 Å². The van der Waals surface area contributed by atoms with Gasteiger partial charge >= 0.3 is 0 Å². The summed E-state index contributed by atoms with van der Waals surface area (Å²) in [5, 5.41) is 0. The molecular weight excluding hydrogens is 342 g/mol. The van der Waals surface area contributed by atoms with Crippen molar-refractivity contribution in [3.8, 4) is 0 Å². The van der Waals surface area contributed by atoms with Crippen molar-refractivity contribution in [3.05, 3.63) is 22.7 Å². The van der Waals surface area contributed by atoms with Gasteiger partial charge in [0.05, 0.1) is 4.90 Å². The zero-order valence-corrected chi connectivity index (χ0v) is 13.5. The predicted octanol–water partition coefficient (Wildman–Crippen LogP) is 1.50. The molecule has 1 aromatic carbocycles. The molecule has 0 radical (unpaired) electrons. The smallest absolute Gasteiger partial charge is 0.243 e. The fourth-order valence-electron chi connectivity index (χ4n) is 3.01. The first-order chi connectivity index (χ1) is 9.48. The Kier molecular flexibility index (Phi) is 3.79. The zero-order chi connectivity index (χ0) is 14.3. The summed E-state index contributed by atoms with van der Waals surface area (Å²) in [6.07, 6.45) is 2.26. The molecule has 0 aliphatic carbocycles. The molecule has 20 heavy (non-hydrogen) atoms. The van der Waals surface area contributed by atoms with Crippen LogP contribution in [0.25, 0.3) is 0 Å². The van der Waals surface area contributed by atoms with Gasteiger partial charge in [-0.2, -0.15) is 4.31 Å². The normalized spacial score (nSPS) is 24.8. The van der Waals surface area contributed by atoms with Crippen LogP contribution < -0.4 is 5.73 Å². The van der Waals surface area contributed by atoms with Crippen molar-refractivity contribution in [1.82, 2.24) is 9.21 Å². The minimum atomic E-state index is -3.43. The van der Waals surface area contributed by atoms with E-state index in [4.69, 9.17) is 5.73 Å². The fraction of sp³-hybridized carbons (Fsp3) is 0.538. The van der Waals surface area contributed by atoms with Gasteiger partial charge in [0.25, 0.3) is 0 Å². The van der Waals surface area contributed by atoms with Gasteiger partial charge in [-0.25, -0.2) is 8.42 Å². The van der Waals surface area contributed by atoms with E-state index in [2.05, 4.69) is 20.8 Å². The molecule has 1 unspecified atom stereocenters. The molecule has 0 spiro atoms. The summed E-state index contributed by atoms with van der Waals surface area (Å²) in [7, 11) is -3.43. The highest BCUT2D eigenvalue weighted by Gasteiger charge is 2.36. The summed E-state index contributed by atoms with van der Waals surface area (Å²) in [5.74, 6) is 0. The summed E-state index contributed by atoms with van der Waals surface area (Å²) in [6.45, 7) is 3.09. The van der Waals surface area contributed by atoms with Crippen molar-refractivity contribution in [2.24, 2.45) is 0 Å². The van der Waals surface area contributed by atoms with Crippen LogP contribution in [0.5, 0.6) is 0 Å². The van der Waals surface area contributed by atoms with E-state index in [9.17, 15) is 8.42 Å². The van der Waals surface area contributed by atoms with E-state index in [0.717, 1.165) is 24.0 Å². The molecule has 2 saturated heterocycles. The third-order valence-corrected chi connectivity index (χ3v) is 6.74.